The molecule has 0 aromatic rings. The van der Waals surface area contributed by atoms with Gasteiger partial charge in [0.25, 0.3) is 0 Å². The van der Waals surface area contributed by atoms with E-state index in [0.29, 0.717) is 46.2 Å². The Morgan fingerprint density at radius 3 is 1.64 bits per heavy atom. The van der Waals surface area contributed by atoms with Crippen LogP contribution in [0.4, 0.5) is 4.79 Å². The SMILES string of the molecule is CN(C)CCOCCOCCOCCN(C(=O)O)C(C)(C)C. The summed E-state index contributed by atoms with van der Waals surface area (Å²) in [5.41, 5.74) is -0.421. The van der Waals surface area contributed by atoms with E-state index in [0.717, 1.165) is 6.54 Å². The van der Waals surface area contributed by atoms with Gasteiger partial charge in [0.15, 0.2) is 0 Å². The molecule has 22 heavy (non-hydrogen) atoms. The third kappa shape index (κ3) is 11.7. The van der Waals surface area contributed by atoms with Gasteiger partial charge in [0.05, 0.1) is 39.6 Å². The fourth-order valence-corrected chi connectivity index (χ4v) is 1.66. The molecule has 0 bridgehead atoms. The van der Waals surface area contributed by atoms with Crippen molar-refractivity contribution in [3.63, 3.8) is 0 Å². The van der Waals surface area contributed by atoms with Gasteiger partial charge in [-0.1, -0.05) is 0 Å². The molecule has 0 rings (SSSR count). The first-order chi connectivity index (χ1) is 10.2. The predicted octanol–water partition coefficient (Wildman–Crippen LogP) is 1.38. The summed E-state index contributed by atoms with van der Waals surface area (Å²) in [7, 11) is 4.00. The van der Waals surface area contributed by atoms with Crippen molar-refractivity contribution in [3.8, 4) is 0 Å². The summed E-state index contributed by atoms with van der Waals surface area (Å²) in [6, 6.07) is 0. The molecule has 0 aliphatic carbocycles. The van der Waals surface area contributed by atoms with Crippen molar-refractivity contribution < 1.29 is 24.1 Å². The summed E-state index contributed by atoms with van der Waals surface area (Å²) in [6.45, 7) is 9.96. The minimum Gasteiger partial charge on any atom is -0.465 e. The zero-order valence-electron chi connectivity index (χ0n) is 14.6. The van der Waals surface area contributed by atoms with Crippen LogP contribution in [0.2, 0.25) is 0 Å². The molecule has 0 spiro atoms. The monoisotopic (exact) mass is 320 g/mol. The Bertz CT molecular complexity index is 292. The van der Waals surface area contributed by atoms with Crippen molar-refractivity contribution in [1.82, 2.24) is 9.80 Å². The van der Waals surface area contributed by atoms with Gasteiger partial charge in [-0.15, -0.1) is 0 Å². The maximum atomic E-state index is 11.1. The van der Waals surface area contributed by atoms with Gasteiger partial charge >= 0.3 is 6.09 Å². The molecular formula is C15H32N2O5. The van der Waals surface area contributed by atoms with Crippen LogP contribution in [0, 0.1) is 0 Å². The van der Waals surface area contributed by atoms with E-state index in [1.54, 1.807) is 0 Å². The number of likely N-dealkylation sites (N-methyl/N-ethyl adjacent to an activating group) is 1. The van der Waals surface area contributed by atoms with Gasteiger partial charge in [-0.3, -0.25) is 0 Å². The number of rotatable bonds is 12. The van der Waals surface area contributed by atoms with Crippen LogP contribution in [0.15, 0.2) is 0 Å². The maximum Gasteiger partial charge on any atom is 0.407 e. The van der Waals surface area contributed by atoms with Gasteiger partial charge in [-0.05, 0) is 34.9 Å². The molecule has 0 unspecified atom stereocenters. The van der Waals surface area contributed by atoms with E-state index < -0.39 is 11.6 Å². The third-order valence-electron chi connectivity index (χ3n) is 2.93. The number of carboxylic acid groups (broad SMARTS) is 1. The van der Waals surface area contributed by atoms with Crippen LogP contribution in [0.3, 0.4) is 0 Å². The molecular weight excluding hydrogens is 288 g/mol. The molecule has 0 atom stereocenters. The molecule has 0 radical (unpaired) electrons. The average molecular weight is 320 g/mol. The molecule has 132 valence electrons. The minimum atomic E-state index is -0.928. The third-order valence-corrected chi connectivity index (χ3v) is 2.93. The smallest absolute Gasteiger partial charge is 0.407 e. The van der Waals surface area contributed by atoms with Crippen LogP contribution in [-0.2, 0) is 14.2 Å². The maximum absolute atomic E-state index is 11.1. The largest absolute Gasteiger partial charge is 0.465 e. The molecule has 7 heteroatoms. The molecule has 7 nitrogen and oxygen atoms in total. The Kier molecular flexibility index (Phi) is 11.2. The summed E-state index contributed by atoms with van der Waals surface area (Å²) in [4.78, 5) is 14.5. The summed E-state index contributed by atoms with van der Waals surface area (Å²) in [5, 5.41) is 9.12. The van der Waals surface area contributed by atoms with E-state index in [9.17, 15) is 4.79 Å². The van der Waals surface area contributed by atoms with E-state index >= 15 is 0 Å². The first kappa shape index (κ1) is 21.1. The summed E-state index contributed by atoms with van der Waals surface area (Å²) in [6.07, 6.45) is -0.928. The number of nitrogens with zero attached hydrogens (tertiary/aromatic N) is 2. The number of hydrogen-bond acceptors (Lipinski definition) is 5. The first-order valence-electron chi connectivity index (χ1n) is 7.63. The second-order valence-electron chi connectivity index (χ2n) is 6.25. The summed E-state index contributed by atoms with van der Waals surface area (Å²) >= 11 is 0. The zero-order valence-corrected chi connectivity index (χ0v) is 14.6. The van der Waals surface area contributed by atoms with Gasteiger partial charge in [0, 0.05) is 18.6 Å². The normalized spacial score (nSPS) is 11.9. The van der Waals surface area contributed by atoms with Crippen LogP contribution in [0.25, 0.3) is 0 Å². The van der Waals surface area contributed by atoms with Crippen LogP contribution in [0.1, 0.15) is 20.8 Å². The Morgan fingerprint density at radius 1 is 0.864 bits per heavy atom. The molecule has 0 aliphatic heterocycles. The summed E-state index contributed by atoms with van der Waals surface area (Å²) < 4.78 is 16.1. The Morgan fingerprint density at radius 2 is 1.27 bits per heavy atom. The van der Waals surface area contributed by atoms with Crippen LogP contribution < -0.4 is 0 Å². The number of hydrogen-bond donors (Lipinski definition) is 1. The van der Waals surface area contributed by atoms with Crippen LogP contribution in [0.5, 0.6) is 0 Å². The molecule has 1 N–H and O–H groups in total. The molecule has 0 saturated carbocycles. The van der Waals surface area contributed by atoms with Gasteiger partial charge in [-0.25, -0.2) is 4.79 Å². The van der Waals surface area contributed by atoms with Crippen molar-refractivity contribution in [2.75, 3.05) is 66.8 Å². The number of carbonyl (C=O) groups is 1. The standard InChI is InChI=1S/C15H32N2O5/c1-15(2,3)17(14(18)19)7-9-21-11-13-22-12-10-20-8-6-16(4)5/h6-13H2,1-5H3,(H,18,19). The van der Waals surface area contributed by atoms with Gasteiger partial charge < -0.3 is 29.1 Å². The topological polar surface area (TPSA) is 71.5 Å². The van der Waals surface area contributed by atoms with E-state index in [2.05, 4.69) is 4.90 Å². The van der Waals surface area contributed by atoms with Crippen LogP contribution in [-0.4, -0.2) is 93.4 Å². The lowest BCUT2D eigenvalue weighted by atomic mass is 10.1. The van der Waals surface area contributed by atoms with Crippen molar-refractivity contribution in [2.45, 2.75) is 26.3 Å². The Balaban J connectivity index is 3.45. The lowest BCUT2D eigenvalue weighted by Gasteiger charge is -2.32. The molecule has 0 aromatic carbocycles. The molecule has 1 amide bonds. The van der Waals surface area contributed by atoms with Crippen LogP contribution >= 0.6 is 0 Å². The minimum absolute atomic E-state index is 0.354. The van der Waals surface area contributed by atoms with Crippen molar-refractivity contribution in [1.29, 1.82) is 0 Å². The summed E-state index contributed by atoms with van der Waals surface area (Å²) in [5.74, 6) is 0. The molecule has 0 heterocycles. The van der Waals surface area contributed by atoms with Gasteiger partial charge in [0.2, 0.25) is 0 Å². The molecule has 0 aromatic heterocycles. The quantitative estimate of drug-likeness (QED) is 0.548. The highest BCUT2D eigenvalue weighted by Crippen LogP contribution is 2.12. The highest BCUT2D eigenvalue weighted by molar-refractivity contribution is 5.65. The van der Waals surface area contributed by atoms with Crippen molar-refractivity contribution in [3.05, 3.63) is 0 Å². The fourth-order valence-electron chi connectivity index (χ4n) is 1.66. The highest BCUT2D eigenvalue weighted by atomic mass is 16.5. The second kappa shape index (κ2) is 11.6. The van der Waals surface area contributed by atoms with E-state index in [1.165, 1.54) is 4.90 Å². The van der Waals surface area contributed by atoms with E-state index in [1.807, 2.05) is 34.9 Å². The number of amides is 1. The second-order valence-corrected chi connectivity index (χ2v) is 6.25. The Hall–Kier alpha value is -0.890. The Labute approximate surface area is 134 Å². The van der Waals surface area contributed by atoms with E-state index in [4.69, 9.17) is 19.3 Å². The molecule has 0 saturated heterocycles. The molecule has 0 fully saturated rings. The zero-order chi connectivity index (χ0) is 17.0. The van der Waals surface area contributed by atoms with E-state index in [-0.39, 0.29) is 0 Å². The average Bonchev–Trinajstić information content (AvgIpc) is 2.37. The van der Waals surface area contributed by atoms with Gasteiger partial charge in [0.1, 0.15) is 0 Å². The predicted molar refractivity (Wildman–Crippen MR) is 85.5 cm³/mol. The lowest BCUT2D eigenvalue weighted by molar-refractivity contribution is 0.00480. The first-order valence-corrected chi connectivity index (χ1v) is 7.63. The van der Waals surface area contributed by atoms with Crippen molar-refractivity contribution in [2.24, 2.45) is 0 Å². The fraction of sp³-hybridized carbons (Fsp3) is 0.933. The highest BCUT2D eigenvalue weighted by Gasteiger charge is 2.25. The van der Waals surface area contributed by atoms with Crippen molar-refractivity contribution >= 4 is 6.09 Å². The number of ether oxygens (including phenoxy) is 3. The molecule has 0 aliphatic rings. The lowest BCUT2D eigenvalue weighted by Crippen LogP contribution is -2.46. The van der Waals surface area contributed by atoms with Gasteiger partial charge in [-0.2, -0.15) is 0 Å².